The van der Waals surface area contributed by atoms with Gasteiger partial charge < -0.3 is 32.0 Å². The van der Waals surface area contributed by atoms with Crippen molar-refractivity contribution in [2.75, 3.05) is 18.9 Å². The molecular formula is C27H27FN4O4. The maximum Gasteiger partial charge on any atom is 0.255 e. The molecule has 0 bridgehead atoms. The van der Waals surface area contributed by atoms with Gasteiger partial charge >= 0.3 is 0 Å². The number of primary amides is 1. The van der Waals surface area contributed by atoms with Crippen LogP contribution in [-0.4, -0.2) is 35.8 Å². The Labute approximate surface area is 207 Å². The van der Waals surface area contributed by atoms with Crippen LogP contribution >= 0.6 is 0 Å². The lowest BCUT2D eigenvalue weighted by molar-refractivity contribution is -0.118. The SMILES string of the molecule is N=C(/C=C/c1ccc(F)cc1)c1c(N)ccc(C(=O)N[C@H](CO)c2ccccc2)c1OCCC(N)=O. The number of allylic oxidation sites excluding steroid dienone is 1. The normalized spacial score (nSPS) is 11.7. The molecule has 0 heterocycles. The molecule has 0 fully saturated rings. The molecule has 0 aliphatic carbocycles. The molecule has 0 aliphatic heterocycles. The third-order valence-electron chi connectivity index (χ3n) is 5.30. The van der Waals surface area contributed by atoms with Crippen molar-refractivity contribution in [3.63, 3.8) is 0 Å². The van der Waals surface area contributed by atoms with Crippen LogP contribution in [0.4, 0.5) is 10.1 Å². The van der Waals surface area contributed by atoms with Crippen LogP contribution in [0.15, 0.2) is 72.8 Å². The van der Waals surface area contributed by atoms with Gasteiger partial charge in [-0.2, -0.15) is 0 Å². The number of amides is 2. The first-order valence-corrected chi connectivity index (χ1v) is 11.1. The minimum absolute atomic E-state index is 0.00672. The van der Waals surface area contributed by atoms with Crippen molar-refractivity contribution in [3.05, 3.63) is 101 Å². The van der Waals surface area contributed by atoms with Crippen LogP contribution in [-0.2, 0) is 4.79 Å². The molecule has 7 N–H and O–H groups in total. The van der Waals surface area contributed by atoms with E-state index < -0.39 is 17.9 Å². The van der Waals surface area contributed by atoms with E-state index in [1.54, 1.807) is 42.5 Å². The number of aliphatic hydroxyl groups excluding tert-OH is 1. The van der Waals surface area contributed by atoms with Crippen molar-refractivity contribution in [2.45, 2.75) is 12.5 Å². The number of hydrogen-bond donors (Lipinski definition) is 5. The molecule has 0 saturated carbocycles. The zero-order valence-corrected chi connectivity index (χ0v) is 19.4. The first-order valence-electron chi connectivity index (χ1n) is 11.1. The van der Waals surface area contributed by atoms with E-state index in [0.717, 1.165) is 0 Å². The Morgan fingerprint density at radius 3 is 2.42 bits per heavy atom. The molecule has 3 aromatic carbocycles. The zero-order valence-electron chi connectivity index (χ0n) is 19.4. The molecule has 0 spiro atoms. The van der Waals surface area contributed by atoms with Crippen molar-refractivity contribution in [1.29, 1.82) is 5.41 Å². The third kappa shape index (κ3) is 6.77. The molecule has 3 rings (SSSR count). The average molecular weight is 491 g/mol. The van der Waals surface area contributed by atoms with Gasteiger partial charge in [-0.3, -0.25) is 9.59 Å². The van der Waals surface area contributed by atoms with E-state index in [1.165, 1.54) is 30.3 Å². The van der Waals surface area contributed by atoms with Gasteiger partial charge in [0, 0.05) is 5.69 Å². The monoisotopic (exact) mass is 490 g/mol. The molecular weight excluding hydrogens is 463 g/mol. The van der Waals surface area contributed by atoms with Crippen molar-refractivity contribution in [2.24, 2.45) is 5.73 Å². The van der Waals surface area contributed by atoms with Gasteiger partial charge in [-0.1, -0.05) is 48.5 Å². The summed E-state index contributed by atoms with van der Waals surface area (Å²) in [4.78, 5) is 24.5. The third-order valence-corrected chi connectivity index (χ3v) is 5.30. The highest BCUT2D eigenvalue weighted by atomic mass is 19.1. The first kappa shape index (κ1) is 26.1. The minimum Gasteiger partial charge on any atom is -0.491 e. The number of ether oxygens (including phenoxy) is 1. The van der Waals surface area contributed by atoms with Gasteiger partial charge in [0.2, 0.25) is 5.91 Å². The van der Waals surface area contributed by atoms with Gasteiger partial charge in [-0.25, -0.2) is 4.39 Å². The summed E-state index contributed by atoms with van der Waals surface area (Å²) in [5.74, 6) is -1.54. The Hall–Kier alpha value is -4.50. The highest BCUT2D eigenvalue weighted by molar-refractivity contribution is 6.15. The Balaban J connectivity index is 1.96. The molecule has 0 saturated heterocycles. The average Bonchev–Trinajstić information content (AvgIpc) is 2.87. The Morgan fingerprint density at radius 2 is 1.78 bits per heavy atom. The fraction of sp³-hybridized carbons (Fsp3) is 0.148. The summed E-state index contributed by atoms with van der Waals surface area (Å²) in [6.07, 6.45) is 2.93. The molecule has 9 heteroatoms. The second-order valence-corrected chi connectivity index (χ2v) is 7.89. The summed E-state index contributed by atoms with van der Waals surface area (Å²) < 4.78 is 19.0. The van der Waals surface area contributed by atoms with E-state index >= 15 is 0 Å². The molecule has 36 heavy (non-hydrogen) atoms. The summed E-state index contributed by atoms with van der Waals surface area (Å²) in [7, 11) is 0. The highest BCUT2D eigenvalue weighted by Crippen LogP contribution is 2.31. The van der Waals surface area contributed by atoms with Crippen molar-refractivity contribution >= 4 is 29.3 Å². The fourth-order valence-electron chi connectivity index (χ4n) is 3.45. The number of nitrogens with one attached hydrogen (secondary N) is 2. The van der Waals surface area contributed by atoms with E-state index in [4.69, 9.17) is 21.6 Å². The van der Waals surface area contributed by atoms with E-state index in [-0.39, 0.29) is 53.7 Å². The Morgan fingerprint density at radius 1 is 1.08 bits per heavy atom. The first-order chi connectivity index (χ1) is 17.3. The molecule has 3 aromatic rings. The number of benzene rings is 3. The van der Waals surface area contributed by atoms with Crippen LogP contribution < -0.4 is 21.5 Å². The Kier molecular flexibility index (Phi) is 8.90. The topological polar surface area (TPSA) is 152 Å². The van der Waals surface area contributed by atoms with Crippen molar-refractivity contribution in [3.8, 4) is 5.75 Å². The zero-order chi connectivity index (χ0) is 26.1. The van der Waals surface area contributed by atoms with Crippen LogP contribution in [0.5, 0.6) is 5.75 Å². The molecule has 0 aromatic heterocycles. The maximum absolute atomic E-state index is 13.2. The summed E-state index contributed by atoms with van der Waals surface area (Å²) >= 11 is 0. The second-order valence-electron chi connectivity index (χ2n) is 7.89. The lowest BCUT2D eigenvalue weighted by Gasteiger charge is -2.20. The number of halogens is 1. The van der Waals surface area contributed by atoms with Crippen LogP contribution in [0.1, 0.15) is 39.5 Å². The molecule has 1 atom stereocenters. The van der Waals surface area contributed by atoms with Crippen LogP contribution in [0.25, 0.3) is 6.08 Å². The number of carbonyl (C=O) groups is 2. The molecule has 0 unspecified atom stereocenters. The number of rotatable bonds is 11. The number of carbonyl (C=O) groups excluding carboxylic acids is 2. The van der Waals surface area contributed by atoms with Crippen LogP contribution in [0, 0.1) is 11.2 Å². The number of anilines is 1. The van der Waals surface area contributed by atoms with Gasteiger partial charge in [0.05, 0.1) is 42.5 Å². The molecule has 2 amide bonds. The minimum atomic E-state index is -0.684. The van der Waals surface area contributed by atoms with Gasteiger partial charge in [0.1, 0.15) is 11.6 Å². The number of nitrogen functional groups attached to an aromatic ring is 1. The Bertz CT molecular complexity index is 1260. The van der Waals surface area contributed by atoms with Crippen molar-refractivity contribution in [1.82, 2.24) is 5.32 Å². The van der Waals surface area contributed by atoms with E-state index in [0.29, 0.717) is 11.1 Å². The standard InChI is InChI=1S/C27H27FN4O4/c28-19-9-6-17(7-10-19)8-12-21(29)25-22(30)13-11-20(26(25)36-15-14-24(31)34)27(35)32-23(16-33)18-4-2-1-3-5-18/h1-13,23,29,33H,14-16,30H2,(H2,31,34)(H,32,35)/b12-8+,29-21?/t23-/m1/s1. The summed E-state index contributed by atoms with van der Waals surface area (Å²) in [5, 5.41) is 21.2. The predicted octanol–water partition coefficient (Wildman–Crippen LogP) is 3.21. The predicted molar refractivity (Wildman–Crippen MR) is 136 cm³/mol. The number of aliphatic hydroxyl groups is 1. The lowest BCUT2D eigenvalue weighted by atomic mass is 10.00. The second kappa shape index (κ2) is 12.3. The molecule has 186 valence electrons. The largest absolute Gasteiger partial charge is 0.491 e. The summed E-state index contributed by atoms with van der Waals surface area (Å²) in [6, 6.07) is 16.9. The molecule has 8 nitrogen and oxygen atoms in total. The smallest absolute Gasteiger partial charge is 0.255 e. The van der Waals surface area contributed by atoms with Crippen molar-refractivity contribution < 1.29 is 23.8 Å². The van der Waals surface area contributed by atoms with Gasteiger partial charge in [-0.05, 0) is 41.5 Å². The fourth-order valence-corrected chi connectivity index (χ4v) is 3.45. The number of hydrogen-bond acceptors (Lipinski definition) is 6. The van der Waals surface area contributed by atoms with Crippen LogP contribution in [0.2, 0.25) is 0 Å². The lowest BCUT2D eigenvalue weighted by Crippen LogP contribution is -2.31. The van der Waals surface area contributed by atoms with E-state index in [9.17, 15) is 19.1 Å². The summed E-state index contributed by atoms with van der Waals surface area (Å²) in [6.45, 7) is -0.477. The molecule has 0 aliphatic rings. The van der Waals surface area contributed by atoms with E-state index in [2.05, 4.69) is 5.32 Å². The van der Waals surface area contributed by atoms with Gasteiger partial charge in [0.25, 0.3) is 5.91 Å². The maximum atomic E-state index is 13.2. The molecule has 0 radical (unpaired) electrons. The quantitative estimate of drug-likeness (QED) is 0.206. The van der Waals surface area contributed by atoms with Gasteiger partial charge in [0.15, 0.2) is 0 Å². The van der Waals surface area contributed by atoms with Gasteiger partial charge in [-0.15, -0.1) is 0 Å². The summed E-state index contributed by atoms with van der Waals surface area (Å²) in [5.41, 5.74) is 13.1. The van der Waals surface area contributed by atoms with Crippen LogP contribution in [0.3, 0.4) is 0 Å². The number of nitrogens with two attached hydrogens (primary N) is 2. The van der Waals surface area contributed by atoms with E-state index in [1.807, 2.05) is 6.07 Å². The highest BCUT2D eigenvalue weighted by Gasteiger charge is 2.23.